The van der Waals surface area contributed by atoms with Crippen LogP contribution in [0.2, 0.25) is 0 Å². The third kappa shape index (κ3) is 4.97. The number of ketones is 1. The van der Waals surface area contributed by atoms with Gasteiger partial charge in [-0.05, 0) is 37.0 Å². The molecule has 0 fully saturated rings. The van der Waals surface area contributed by atoms with Crippen LogP contribution in [-0.2, 0) is 16.0 Å². The number of Topliss-reactive ketones (excluding diaryl/α,β-unsaturated/α-hetero) is 1. The Morgan fingerprint density at radius 2 is 2.00 bits per heavy atom. The summed E-state index contributed by atoms with van der Waals surface area (Å²) in [6.45, 7) is 2.37. The van der Waals surface area contributed by atoms with Crippen molar-refractivity contribution in [2.24, 2.45) is 0 Å². The SMILES string of the molecule is CC[C@H]1COC[C@@H]2c3nc(c(O)c(=O)n31)C(=O)CCc1ccc(F)cc1OCC/C=C/C(=O)N2C. The number of likely N-dealkylation sites (N-methyl/N-ethyl adjacent to an activating group) is 1. The summed E-state index contributed by atoms with van der Waals surface area (Å²) in [5, 5.41) is 10.7. The summed E-state index contributed by atoms with van der Waals surface area (Å²) in [6, 6.07) is 2.91. The lowest BCUT2D eigenvalue weighted by Gasteiger charge is -2.27. The van der Waals surface area contributed by atoms with Crippen molar-refractivity contribution in [3.63, 3.8) is 0 Å². The van der Waals surface area contributed by atoms with Crippen molar-refractivity contribution in [3.8, 4) is 11.5 Å². The molecule has 0 saturated carbocycles. The molecule has 2 bridgehead atoms. The summed E-state index contributed by atoms with van der Waals surface area (Å²) >= 11 is 0. The maximum atomic E-state index is 13.8. The molecule has 1 aromatic carbocycles. The average Bonchev–Trinajstić information content (AvgIpc) is 3.03. The Morgan fingerprint density at radius 3 is 2.77 bits per heavy atom. The Labute approximate surface area is 201 Å². The summed E-state index contributed by atoms with van der Waals surface area (Å²) in [5.74, 6) is -1.62. The molecule has 1 N–H and O–H groups in total. The summed E-state index contributed by atoms with van der Waals surface area (Å²) in [6.07, 6.45) is 4.09. The topological polar surface area (TPSA) is 111 Å². The fourth-order valence-corrected chi connectivity index (χ4v) is 4.30. The first-order valence-corrected chi connectivity index (χ1v) is 11.6. The van der Waals surface area contributed by atoms with Gasteiger partial charge >= 0.3 is 0 Å². The fraction of sp³-hybridized carbons (Fsp3) is 0.440. The molecule has 0 radical (unpaired) electrons. The van der Waals surface area contributed by atoms with E-state index in [1.54, 1.807) is 13.1 Å². The molecule has 1 aromatic heterocycles. The number of hydrogen-bond acceptors (Lipinski definition) is 7. The number of carbonyl (C=O) groups excluding carboxylic acids is 2. The van der Waals surface area contributed by atoms with Crippen LogP contribution in [0.5, 0.6) is 11.5 Å². The van der Waals surface area contributed by atoms with E-state index in [0.717, 1.165) is 0 Å². The van der Waals surface area contributed by atoms with Gasteiger partial charge in [-0.25, -0.2) is 9.37 Å². The lowest BCUT2D eigenvalue weighted by molar-refractivity contribution is -0.128. The monoisotopic (exact) mass is 485 g/mol. The number of ether oxygens (including phenoxy) is 2. The van der Waals surface area contributed by atoms with E-state index in [1.165, 1.54) is 33.7 Å². The lowest BCUT2D eigenvalue weighted by Crippen LogP contribution is -2.38. The van der Waals surface area contributed by atoms with E-state index in [-0.39, 0.29) is 50.1 Å². The molecule has 0 unspecified atom stereocenters. The second-order valence-corrected chi connectivity index (χ2v) is 8.62. The molecule has 0 aliphatic carbocycles. The highest BCUT2D eigenvalue weighted by Gasteiger charge is 2.34. The highest BCUT2D eigenvalue weighted by atomic mass is 19.1. The van der Waals surface area contributed by atoms with Gasteiger partial charge in [-0.3, -0.25) is 19.0 Å². The smallest absolute Gasteiger partial charge is 0.296 e. The number of nitrogens with zero attached hydrogens (tertiary/aromatic N) is 3. The maximum Gasteiger partial charge on any atom is 0.296 e. The van der Waals surface area contributed by atoms with Crippen molar-refractivity contribution in [2.45, 2.75) is 44.7 Å². The third-order valence-electron chi connectivity index (χ3n) is 6.37. The summed E-state index contributed by atoms with van der Waals surface area (Å²) in [5.41, 5.74) is -0.491. The zero-order valence-electron chi connectivity index (χ0n) is 19.7. The van der Waals surface area contributed by atoms with Crippen LogP contribution in [-0.4, -0.2) is 58.1 Å². The molecular weight excluding hydrogens is 457 g/mol. The van der Waals surface area contributed by atoms with E-state index >= 15 is 0 Å². The van der Waals surface area contributed by atoms with E-state index < -0.39 is 35.0 Å². The van der Waals surface area contributed by atoms with Gasteiger partial charge in [0.1, 0.15) is 23.4 Å². The molecule has 1 amide bonds. The molecule has 9 nitrogen and oxygen atoms in total. The molecular formula is C25H28FN3O6. The minimum absolute atomic E-state index is 0.0828. The van der Waals surface area contributed by atoms with E-state index in [1.807, 2.05) is 6.92 Å². The molecule has 3 heterocycles. The minimum atomic E-state index is -0.746. The van der Waals surface area contributed by atoms with Crippen LogP contribution in [0.25, 0.3) is 0 Å². The number of halogens is 1. The van der Waals surface area contributed by atoms with Gasteiger partial charge in [0.2, 0.25) is 11.7 Å². The van der Waals surface area contributed by atoms with Gasteiger partial charge in [-0.1, -0.05) is 19.1 Å². The van der Waals surface area contributed by atoms with Crippen molar-refractivity contribution < 1.29 is 28.6 Å². The number of hydrogen-bond donors (Lipinski definition) is 1. The number of aromatic hydroxyl groups is 1. The highest BCUT2D eigenvalue weighted by Crippen LogP contribution is 2.29. The van der Waals surface area contributed by atoms with Gasteiger partial charge < -0.3 is 19.5 Å². The summed E-state index contributed by atoms with van der Waals surface area (Å²) in [4.78, 5) is 45.1. The van der Waals surface area contributed by atoms with E-state index in [2.05, 4.69) is 4.98 Å². The minimum Gasteiger partial charge on any atom is -0.501 e. The van der Waals surface area contributed by atoms with Crippen molar-refractivity contribution in [3.05, 3.63) is 63.6 Å². The Kier molecular flexibility index (Phi) is 7.30. The van der Waals surface area contributed by atoms with Crippen LogP contribution in [0.3, 0.4) is 0 Å². The van der Waals surface area contributed by atoms with Gasteiger partial charge in [-0.2, -0.15) is 0 Å². The zero-order valence-corrected chi connectivity index (χ0v) is 19.7. The summed E-state index contributed by atoms with van der Waals surface area (Å²) < 4.78 is 26.6. The van der Waals surface area contributed by atoms with Gasteiger partial charge in [0.05, 0.1) is 25.9 Å². The van der Waals surface area contributed by atoms with Gasteiger partial charge in [0, 0.05) is 19.5 Å². The molecule has 2 atom stereocenters. The predicted molar refractivity (Wildman–Crippen MR) is 124 cm³/mol. The van der Waals surface area contributed by atoms with Crippen molar-refractivity contribution in [1.82, 2.24) is 14.5 Å². The molecule has 2 aliphatic rings. The third-order valence-corrected chi connectivity index (χ3v) is 6.37. The van der Waals surface area contributed by atoms with Crippen molar-refractivity contribution in [2.75, 3.05) is 26.9 Å². The molecule has 4 rings (SSSR count). The first kappa shape index (κ1) is 24.6. The van der Waals surface area contributed by atoms with Crippen molar-refractivity contribution >= 4 is 11.7 Å². The number of benzene rings is 1. The van der Waals surface area contributed by atoms with Crippen molar-refractivity contribution in [1.29, 1.82) is 0 Å². The first-order chi connectivity index (χ1) is 16.8. The summed E-state index contributed by atoms with van der Waals surface area (Å²) in [7, 11) is 1.57. The first-order valence-electron chi connectivity index (χ1n) is 11.6. The molecule has 2 aromatic rings. The molecule has 186 valence electrons. The molecule has 10 heteroatoms. The van der Waals surface area contributed by atoms with Crippen LogP contribution in [0.15, 0.2) is 35.1 Å². The molecule has 2 aliphatic heterocycles. The van der Waals surface area contributed by atoms with Crippen LogP contribution >= 0.6 is 0 Å². The highest BCUT2D eigenvalue weighted by molar-refractivity contribution is 5.96. The Morgan fingerprint density at radius 1 is 1.20 bits per heavy atom. The number of aromatic nitrogens is 2. The molecule has 0 spiro atoms. The average molecular weight is 486 g/mol. The quantitative estimate of drug-likeness (QED) is 0.661. The maximum absolute atomic E-state index is 13.8. The normalized spacial score (nSPS) is 22.2. The Balaban J connectivity index is 1.84. The Hall–Kier alpha value is -3.53. The van der Waals surface area contributed by atoms with Crippen LogP contribution < -0.4 is 10.3 Å². The number of rotatable bonds is 1. The van der Waals surface area contributed by atoms with E-state index in [9.17, 15) is 23.9 Å². The number of fused-ring (bicyclic) bond motifs is 2. The largest absolute Gasteiger partial charge is 0.501 e. The van der Waals surface area contributed by atoms with Gasteiger partial charge in [-0.15, -0.1) is 0 Å². The standard InChI is InChI=1S/C25H28FN3O6/c1-3-17-13-34-14-18-24-27-22(23(32)25(33)29(17)24)19(30)10-8-15-7-9-16(26)12-20(15)35-11-5-4-6-21(31)28(18)2/h4,6-7,9,12,17-18,32H,3,5,8,10-11,13-14H2,1-2H3/b6-4+/t17-,18+/m0/s1. The van der Waals surface area contributed by atoms with E-state index in [0.29, 0.717) is 24.2 Å². The second kappa shape index (κ2) is 10.4. The van der Waals surface area contributed by atoms with Gasteiger partial charge in [0.25, 0.3) is 5.56 Å². The predicted octanol–water partition coefficient (Wildman–Crippen LogP) is 2.72. The second-order valence-electron chi connectivity index (χ2n) is 8.62. The molecule has 35 heavy (non-hydrogen) atoms. The van der Waals surface area contributed by atoms with Crippen LogP contribution in [0, 0.1) is 5.82 Å². The van der Waals surface area contributed by atoms with Crippen LogP contribution in [0.1, 0.15) is 60.1 Å². The fourth-order valence-electron chi connectivity index (χ4n) is 4.30. The number of carbonyl (C=O) groups is 2. The number of amides is 1. The number of aryl methyl sites for hydroxylation is 1. The van der Waals surface area contributed by atoms with Crippen LogP contribution in [0.4, 0.5) is 4.39 Å². The zero-order chi connectivity index (χ0) is 25.1. The molecule has 0 saturated heterocycles. The Bertz CT molecular complexity index is 1220. The van der Waals surface area contributed by atoms with E-state index in [4.69, 9.17) is 9.47 Å². The lowest BCUT2D eigenvalue weighted by atomic mass is 10.0. The van der Waals surface area contributed by atoms with Gasteiger partial charge in [0.15, 0.2) is 11.5 Å².